The van der Waals surface area contributed by atoms with E-state index in [-0.39, 0.29) is 11.7 Å². The molecule has 0 aliphatic carbocycles. The zero-order chi connectivity index (χ0) is 11.5. The molecule has 0 aliphatic rings. The van der Waals surface area contributed by atoms with Crippen molar-refractivity contribution in [2.24, 2.45) is 0 Å². The molecule has 0 fully saturated rings. The first-order valence-electron chi connectivity index (χ1n) is 4.60. The molecule has 15 heavy (non-hydrogen) atoms. The van der Waals surface area contributed by atoms with Crippen molar-refractivity contribution in [3.05, 3.63) is 5.82 Å². The van der Waals surface area contributed by atoms with Crippen LogP contribution < -0.4 is 0 Å². The van der Waals surface area contributed by atoms with E-state index in [2.05, 4.69) is 15.2 Å². The van der Waals surface area contributed by atoms with Crippen LogP contribution >= 0.6 is 11.8 Å². The topological polar surface area (TPSA) is 67.9 Å². The molecule has 0 atom stereocenters. The van der Waals surface area contributed by atoms with Crippen molar-refractivity contribution in [3.63, 3.8) is 0 Å². The van der Waals surface area contributed by atoms with Crippen molar-refractivity contribution >= 4 is 17.7 Å². The smallest absolute Gasteiger partial charge is 0.316 e. The van der Waals surface area contributed by atoms with E-state index in [0.717, 1.165) is 5.82 Å². The average Bonchev–Trinajstić information content (AvgIpc) is 2.45. The number of aromatic nitrogens is 3. The van der Waals surface area contributed by atoms with E-state index in [1.165, 1.54) is 11.8 Å². The quantitative estimate of drug-likeness (QED) is 0.629. The van der Waals surface area contributed by atoms with Gasteiger partial charge in [-0.05, 0) is 27.7 Å². The van der Waals surface area contributed by atoms with Gasteiger partial charge in [0.1, 0.15) is 11.4 Å². The monoisotopic (exact) mass is 229 g/mol. The normalized spacial score (nSPS) is 11.5. The van der Waals surface area contributed by atoms with Gasteiger partial charge >= 0.3 is 5.97 Å². The Morgan fingerprint density at radius 2 is 2.20 bits per heavy atom. The number of nitrogens with zero attached hydrogens (tertiary/aromatic N) is 2. The van der Waals surface area contributed by atoms with Gasteiger partial charge in [-0.3, -0.25) is 9.89 Å². The number of carbonyl (C=O) groups is 1. The largest absolute Gasteiger partial charge is 0.459 e. The van der Waals surface area contributed by atoms with Gasteiger partial charge in [-0.2, -0.15) is 0 Å². The third kappa shape index (κ3) is 4.83. The number of hydrogen-bond acceptors (Lipinski definition) is 5. The van der Waals surface area contributed by atoms with E-state index in [1.54, 1.807) is 0 Å². The lowest BCUT2D eigenvalue weighted by Crippen LogP contribution is -2.24. The standard InChI is InChI=1S/C9H15N3O2S/c1-6-10-8(12-11-6)15-5-7(13)14-9(2,3)4/h5H2,1-4H3,(H,10,11,12). The van der Waals surface area contributed by atoms with Crippen LogP contribution in [0.25, 0.3) is 0 Å². The van der Waals surface area contributed by atoms with Gasteiger partial charge in [-0.15, -0.1) is 5.10 Å². The first-order chi connectivity index (χ1) is 6.87. The number of rotatable bonds is 3. The summed E-state index contributed by atoms with van der Waals surface area (Å²) in [6.07, 6.45) is 0. The predicted molar refractivity (Wildman–Crippen MR) is 57.7 cm³/mol. The maximum absolute atomic E-state index is 11.3. The van der Waals surface area contributed by atoms with E-state index in [9.17, 15) is 4.79 Å². The molecule has 0 aliphatic heterocycles. The Hall–Kier alpha value is -1.04. The van der Waals surface area contributed by atoms with Crippen LogP contribution in [0, 0.1) is 6.92 Å². The van der Waals surface area contributed by atoms with Gasteiger partial charge in [-0.1, -0.05) is 11.8 Å². The summed E-state index contributed by atoms with van der Waals surface area (Å²) in [6, 6.07) is 0. The van der Waals surface area contributed by atoms with Crippen molar-refractivity contribution < 1.29 is 9.53 Å². The highest BCUT2D eigenvalue weighted by Gasteiger charge is 2.16. The molecule has 1 aromatic heterocycles. The number of aryl methyl sites for hydroxylation is 1. The van der Waals surface area contributed by atoms with Gasteiger partial charge in [0.05, 0.1) is 5.75 Å². The van der Waals surface area contributed by atoms with Crippen LogP contribution in [-0.4, -0.2) is 32.5 Å². The Bertz CT molecular complexity index is 343. The summed E-state index contributed by atoms with van der Waals surface area (Å²) in [5.41, 5.74) is -0.438. The lowest BCUT2D eigenvalue weighted by molar-refractivity contribution is -0.151. The number of carbonyl (C=O) groups excluding carboxylic acids is 1. The molecular weight excluding hydrogens is 214 g/mol. The molecule has 0 aromatic carbocycles. The van der Waals surface area contributed by atoms with Crippen LogP contribution in [0.3, 0.4) is 0 Å². The van der Waals surface area contributed by atoms with E-state index in [0.29, 0.717) is 5.16 Å². The lowest BCUT2D eigenvalue weighted by Gasteiger charge is -2.18. The summed E-state index contributed by atoms with van der Waals surface area (Å²) in [5.74, 6) is 0.714. The van der Waals surface area contributed by atoms with Crippen LogP contribution in [-0.2, 0) is 9.53 Å². The van der Waals surface area contributed by atoms with Crippen molar-refractivity contribution in [2.75, 3.05) is 5.75 Å². The average molecular weight is 229 g/mol. The summed E-state index contributed by atoms with van der Waals surface area (Å²) in [4.78, 5) is 15.4. The molecule has 0 amide bonds. The molecule has 5 nitrogen and oxygen atoms in total. The zero-order valence-corrected chi connectivity index (χ0v) is 10.1. The fourth-order valence-electron chi connectivity index (χ4n) is 0.881. The molecule has 1 N–H and O–H groups in total. The third-order valence-corrected chi connectivity index (χ3v) is 2.14. The maximum Gasteiger partial charge on any atom is 0.316 e. The molecule has 0 unspecified atom stereocenters. The van der Waals surface area contributed by atoms with Gasteiger partial charge in [-0.25, -0.2) is 4.98 Å². The maximum atomic E-state index is 11.3. The number of thioether (sulfide) groups is 1. The summed E-state index contributed by atoms with van der Waals surface area (Å²) in [5, 5.41) is 7.18. The molecular formula is C9H15N3O2S. The van der Waals surface area contributed by atoms with Crippen molar-refractivity contribution in [1.82, 2.24) is 15.2 Å². The van der Waals surface area contributed by atoms with E-state index < -0.39 is 5.60 Å². The highest BCUT2D eigenvalue weighted by molar-refractivity contribution is 7.99. The number of ether oxygens (including phenoxy) is 1. The minimum Gasteiger partial charge on any atom is -0.459 e. The van der Waals surface area contributed by atoms with Crippen LogP contribution in [0.4, 0.5) is 0 Å². The van der Waals surface area contributed by atoms with Crippen LogP contribution in [0.2, 0.25) is 0 Å². The Labute approximate surface area is 93.0 Å². The van der Waals surface area contributed by atoms with Gasteiger partial charge in [0.2, 0.25) is 5.16 Å². The fourth-order valence-corrected chi connectivity index (χ4v) is 1.50. The molecule has 84 valence electrons. The molecule has 1 rings (SSSR count). The van der Waals surface area contributed by atoms with Crippen molar-refractivity contribution in [1.29, 1.82) is 0 Å². The number of esters is 1. The summed E-state index contributed by atoms with van der Waals surface area (Å²) >= 11 is 1.26. The SMILES string of the molecule is Cc1nc(SCC(=O)OC(C)(C)C)n[nH]1. The van der Waals surface area contributed by atoms with E-state index in [4.69, 9.17) is 4.74 Å². The highest BCUT2D eigenvalue weighted by Crippen LogP contribution is 2.14. The molecule has 0 bridgehead atoms. The Morgan fingerprint density at radius 1 is 1.53 bits per heavy atom. The Balaban J connectivity index is 2.35. The second-order valence-electron chi connectivity index (χ2n) is 4.08. The van der Waals surface area contributed by atoms with Crippen LogP contribution in [0.5, 0.6) is 0 Å². The Morgan fingerprint density at radius 3 is 2.67 bits per heavy atom. The minimum atomic E-state index is -0.438. The second-order valence-corrected chi connectivity index (χ2v) is 5.02. The Kier molecular flexibility index (Phi) is 3.73. The zero-order valence-electron chi connectivity index (χ0n) is 9.33. The van der Waals surface area contributed by atoms with Gasteiger partial charge < -0.3 is 4.74 Å². The first kappa shape index (κ1) is 12.0. The van der Waals surface area contributed by atoms with Crippen LogP contribution in [0.15, 0.2) is 5.16 Å². The first-order valence-corrected chi connectivity index (χ1v) is 5.59. The van der Waals surface area contributed by atoms with Gasteiger partial charge in [0.25, 0.3) is 0 Å². The summed E-state index contributed by atoms with van der Waals surface area (Å²) in [7, 11) is 0. The number of hydrogen-bond donors (Lipinski definition) is 1. The van der Waals surface area contributed by atoms with E-state index in [1.807, 2.05) is 27.7 Å². The molecule has 1 aromatic rings. The number of aromatic amines is 1. The van der Waals surface area contributed by atoms with Crippen LogP contribution in [0.1, 0.15) is 26.6 Å². The summed E-state index contributed by atoms with van der Waals surface area (Å²) in [6.45, 7) is 7.33. The molecule has 0 spiro atoms. The molecule has 6 heteroatoms. The minimum absolute atomic E-state index is 0.231. The second kappa shape index (κ2) is 4.65. The van der Waals surface area contributed by atoms with Gasteiger partial charge in [0, 0.05) is 0 Å². The van der Waals surface area contributed by atoms with Crippen molar-refractivity contribution in [3.8, 4) is 0 Å². The fraction of sp³-hybridized carbons (Fsp3) is 0.667. The third-order valence-electron chi connectivity index (χ3n) is 1.32. The molecule has 0 saturated heterocycles. The number of H-pyrrole nitrogens is 1. The molecule has 0 radical (unpaired) electrons. The lowest BCUT2D eigenvalue weighted by atomic mass is 10.2. The highest BCUT2D eigenvalue weighted by atomic mass is 32.2. The molecule has 1 heterocycles. The number of nitrogens with one attached hydrogen (secondary N) is 1. The molecule has 0 saturated carbocycles. The van der Waals surface area contributed by atoms with Crippen molar-refractivity contribution in [2.45, 2.75) is 38.5 Å². The van der Waals surface area contributed by atoms with Gasteiger partial charge in [0.15, 0.2) is 0 Å². The van der Waals surface area contributed by atoms with E-state index >= 15 is 0 Å². The summed E-state index contributed by atoms with van der Waals surface area (Å²) < 4.78 is 5.14. The predicted octanol–water partition coefficient (Wildman–Crippen LogP) is 1.55.